The van der Waals surface area contributed by atoms with Gasteiger partial charge in [0, 0.05) is 28.8 Å². The second kappa shape index (κ2) is 6.86. The Labute approximate surface area is 128 Å². The van der Waals surface area contributed by atoms with Gasteiger partial charge in [-0.15, -0.1) is 0 Å². The molecule has 0 atom stereocenters. The summed E-state index contributed by atoms with van der Waals surface area (Å²) in [6, 6.07) is 12.2. The molecule has 0 bridgehead atoms. The zero-order valence-corrected chi connectivity index (χ0v) is 13.6. The van der Waals surface area contributed by atoms with Crippen molar-refractivity contribution < 1.29 is 4.74 Å². The molecule has 1 N–H and O–H groups in total. The van der Waals surface area contributed by atoms with Gasteiger partial charge < -0.3 is 10.1 Å². The number of nitrogens with one attached hydrogen (secondary N) is 1. The molecule has 0 aliphatic carbocycles. The number of ether oxygens (including phenoxy) is 1. The van der Waals surface area contributed by atoms with E-state index in [9.17, 15) is 0 Å². The van der Waals surface area contributed by atoms with Gasteiger partial charge in [-0.05, 0) is 36.8 Å². The van der Waals surface area contributed by atoms with Crippen LogP contribution in [-0.4, -0.2) is 11.0 Å². The van der Waals surface area contributed by atoms with E-state index in [1.54, 1.807) is 0 Å². The minimum atomic E-state index is 0.466. The number of hydrogen-bond acceptors (Lipinski definition) is 3. The normalized spacial score (nSPS) is 10.8. The molecular weight excluding hydrogens is 316 g/mol. The fourth-order valence-corrected chi connectivity index (χ4v) is 2.01. The highest BCUT2D eigenvalue weighted by Crippen LogP contribution is 2.22. The van der Waals surface area contributed by atoms with Crippen LogP contribution in [0.4, 0.5) is 0 Å². The number of pyridine rings is 1. The fourth-order valence-electron chi connectivity index (χ4n) is 1.75. The Bertz CT molecular complexity index is 567. The number of aryl methyl sites for hydroxylation is 1. The first kappa shape index (κ1) is 15.0. The van der Waals surface area contributed by atoms with Gasteiger partial charge in [-0.3, -0.25) is 0 Å². The van der Waals surface area contributed by atoms with Crippen molar-refractivity contribution in [3.63, 3.8) is 0 Å². The average molecular weight is 335 g/mol. The van der Waals surface area contributed by atoms with Crippen LogP contribution in [0.1, 0.15) is 25.1 Å². The van der Waals surface area contributed by atoms with Gasteiger partial charge in [0.1, 0.15) is 5.75 Å². The van der Waals surface area contributed by atoms with Gasteiger partial charge in [0.25, 0.3) is 0 Å². The van der Waals surface area contributed by atoms with Crippen molar-refractivity contribution in [2.75, 3.05) is 0 Å². The van der Waals surface area contributed by atoms with Gasteiger partial charge in [-0.2, -0.15) is 0 Å². The average Bonchev–Trinajstić information content (AvgIpc) is 2.40. The second-order valence-corrected chi connectivity index (χ2v) is 5.90. The monoisotopic (exact) mass is 334 g/mol. The largest absolute Gasteiger partial charge is 0.439 e. The molecule has 1 aromatic heterocycles. The number of hydrogen-bond donors (Lipinski definition) is 1. The Kier molecular flexibility index (Phi) is 5.15. The fraction of sp³-hybridized carbons (Fsp3) is 0.312. The minimum Gasteiger partial charge on any atom is -0.439 e. The van der Waals surface area contributed by atoms with Gasteiger partial charge in [0.15, 0.2) is 0 Å². The van der Waals surface area contributed by atoms with Crippen LogP contribution in [-0.2, 0) is 6.54 Å². The van der Waals surface area contributed by atoms with Crippen molar-refractivity contribution in [1.29, 1.82) is 0 Å². The molecule has 2 aromatic rings. The van der Waals surface area contributed by atoms with Crippen LogP contribution < -0.4 is 10.1 Å². The van der Waals surface area contributed by atoms with Crippen molar-refractivity contribution in [1.82, 2.24) is 10.3 Å². The summed E-state index contributed by atoms with van der Waals surface area (Å²) in [6.07, 6.45) is 0. The molecule has 106 valence electrons. The summed E-state index contributed by atoms with van der Waals surface area (Å²) >= 11 is 3.40. The molecule has 3 nitrogen and oxygen atoms in total. The molecule has 2 rings (SSSR count). The van der Waals surface area contributed by atoms with Crippen LogP contribution in [0, 0.1) is 6.92 Å². The van der Waals surface area contributed by atoms with Crippen molar-refractivity contribution in [2.24, 2.45) is 0 Å². The predicted octanol–water partition coefficient (Wildman–Crippen LogP) is 4.44. The van der Waals surface area contributed by atoms with Crippen molar-refractivity contribution >= 4 is 15.9 Å². The van der Waals surface area contributed by atoms with E-state index in [-0.39, 0.29) is 0 Å². The van der Waals surface area contributed by atoms with Crippen LogP contribution in [0.25, 0.3) is 0 Å². The number of rotatable bonds is 5. The lowest BCUT2D eigenvalue weighted by Crippen LogP contribution is -2.22. The maximum atomic E-state index is 5.74. The van der Waals surface area contributed by atoms with E-state index < -0.39 is 0 Å². The van der Waals surface area contributed by atoms with E-state index in [2.05, 4.69) is 46.1 Å². The van der Waals surface area contributed by atoms with Gasteiger partial charge >= 0.3 is 0 Å². The maximum Gasteiger partial charge on any atom is 0.219 e. The van der Waals surface area contributed by atoms with Gasteiger partial charge in [-0.25, -0.2) is 4.98 Å². The smallest absolute Gasteiger partial charge is 0.219 e. The standard InChI is InChI=1S/C16H19BrN2O/c1-11(2)18-10-13-4-9-16(19-12(13)3)20-15-7-5-14(17)6-8-15/h4-9,11,18H,10H2,1-3H3. The molecule has 0 spiro atoms. The molecule has 0 amide bonds. The Balaban J connectivity index is 2.06. The molecule has 1 aromatic carbocycles. The molecular formula is C16H19BrN2O. The summed E-state index contributed by atoms with van der Waals surface area (Å²) in [6.45, 7) is 7.10. The molecule has 0 saturated carbocycles. The van der Waals surface area contributed by atoms with E-state index in [0.29, 0.717) is 11.9 Å². The Hall–Kier alpha value is -1.39. The summed E-state index contributed by atoms with van der Waals surface area (Å²) < 4.78 is 6.77. The van der Waals surface area contributed by atoms with E-state index in [4.69, 9.17) is 4.74 Å². The molecule has 0 aliphatic rings. The molecule has 0 aliphatic heterocycles. The highest BCUT2D eigenvalue weighted by atomic mass is 79.9. The highest BCUT2D eigenvalue weighted by Gasteiger charge is 2.04. The molecule has 0 radical (unpaired) electrons. The van der Waals surface area contributed by atoms with Crippen LogP contribution in [0.2, 0.25) is 0 Å². The molecule has 20 heavy (non-hydrogen) atoms. The number of benzene rings is 1. The van der Waals surface area contributed by atoms with Gasteiger partial charge in [0.2, 0.25) is 5.88 Å². The second-order valence-electron chi connectivity index (χ2n) is 4.99. The Morgan fingerprint density at radius 3 is 2.45 bits per heavy atom. The van der Waals surface area contributed by atoms with E-state index in [1.165, 1.54) is 5.56 Å². The maximum absolute atomic E-state index is 5.74. The van der Waals surface area contributed by atoms with Crippen LogP contribution >= 0.6 is 15.9 Å². The summed E-state index contributed by atoms with van der Waals surface area (Å²) in [5, 5.41) is 3.39. The summed E-state index contributed by atoms with van der Waals surface area (Å²) in [5.74, 6) is 1.41. The van der Waals surface area contributed by atoms with Crippen molar-refractivity contribution in [3.05, 3.63) is 52.1 Å². The van der Waals surface area contributed by atoms with E-state index in [1.807, 2.05) is 37.3 Å². The zero-order chi connectivity index (χ0) is 14.5. The molecule has 0 saturated heterocycles. The van der Waals surface area contributed by atoms with Crippen LogP contribution in [0.5, 0.6) is 11.6 Å². The lowest BCUT2D eigenvalue weighted by atomic mass is 10.2. The van der Waals surface area contributed by atoms with Crippen molar-refractivity contribution in [2.45, 2.75) is 33.4 Å². The topological polar surface area (TPSA) is 34.1 Å². The molecule has 0 unspecified atom stereocenters. The predicted molar refractivity (Wildman–Crippen MR) is 85.2 cm³/mol. The lowest BCUT2D eigenvalue weighted by Gasteiger charge is -2.11. The molecule has 4 heteroatoms. The van der Waals surface area contributed by atoms with E-state index in [0.717, 1.165) is 22.5 Å². The van der Waals surface area contributed by atoms with Crippen LogP contribution in [0.15, 0.2) is 40.9 Å². The minimum absolute atomic E-state index is 0.466. The molecule has 0 fully saturated rings. The summed E-state index contributed by atoms with van der Waals surface area (Å²) in [5.41, 5.74) is 2.19. The highest BCUT2D eigenvalue weighted by molar-refractivity contribution is 9.10. The lowest BCUT2D eigenvalue weighted by molar-refractivity contribution is 0.460. The molecule has 1 heterocycles. The number of nitrogens with zero attached hydrogens (tertiary/aromatic N) is 1. The third-order valence-electron chi connectivity index (χ3n) is 2.91. The first-order chi connectivity index (χ1) is 9.54. The Morgan fingerprint density at radius 1 is 1.15 bits per heavy atom. The summed E-state index contributed by atoms with van der Waals surface area (Å²) in [7, 11) is 0. The van der Waals surface area contributed by atoms with Gasteiger partial charge in [-0.1, -0.05) is 35.8 Å². The SMILES string of the molecule is Cc1nc(Oc2ccc(Br)cc2)ccc1CNC(C)C. The first-order valence-corrected chi connectivity index (χ1v) is 7.47. The quantitative estimate of drug-likeness (QED) is 0.877. The van der Waals surface area contributed by atoms with Crippen LogP contribution in [0.3, 0.4) is 0 Å². The Morgan fingerprint density at radius 2 is 1.85 bits per heavy atom. The third kappa shape index (κ3) is 4.32. The summed E-state index contributed by atoms with van der Waals surface area (Å²) in [4.78, 5) is 4.49. The third-order valence-corrected chi connectivity index (χ3v) is 3.44. The zero-order valence-electron chi connectivity index (χ0n) is 12.0. The van der Waals surface area contributed by atoms with Gasteiger partial charge in [0.05, 0.1) is 0 Å². The number of halogens is 1. The number of aromatic nitrogens is 1. The van der Waals surface area contributed by atoms with Crippen molar-refractivity contribution in [3.8, 4) is 11.6 Å². The van der Waals surface area contributed by atoms with E-state index >= 15 is 0 Å². The first-order valence-electron chi connectivity index (χ1n) is 6.68.